The number of benzene rings is 1. The molecule has 1 heterocycles. The fourth-order valence-electron chi connectivity index (χ4n) is 1.84. The van der Waals surface area contributed by atoms with Crippen molar-refractivity contribution >= 4 is 15.9 Å². The van der Waals surface area contributed by atoms with E-state index < -0.39 is 21.9 Å². The van der Waals surface area contributed by atoms with Gasteiger partial charge < -0.3 is 4.90 Å². The molecule has 0 saturated carbocycles. The Morgan fingerprint density at radius 1 is 1.33 bits per heavy atom. The average Bonchev–Trinajstić information content (AvgIpc) is 2.57. The average molecular weight is 272 g/mol. The minimum atomic E-state index is -3.70. The third-order valence-electron chi connectivity index (χ3n) is 2.79. The molecular formula is C11H13FN2O3S. The summed E-state index contributed by atoms with van der Waals surface area (Å²) >= 11 is 0. The number of nitrogens with zero attached hydrogens (tertiary/aromatic N) is 1. The van der Waals surface area contributed by atoms with Crippen molar-refractivity contribution in [3.05, 3.63) is 30.1 Å². The zero-order valence-electron chi connectivity index (χ0n) is 9.76. The molecule has 0 spiro atoms. The second kappa shape index (κ2) is 4.66. The van der Waals surface area contributed by atoms with E-state index in [4.69, 9.17) is 0 Å². The number of hydrogen-bond donors (Lipinski definition) is 1. The first-order chi connectivity index (χ1) is 8.38. The molecule has 7 heteroatoms. The van der Waals surface area contributed by atoms with Crippen LogP contribution in [0.5, 0.6) is 0 Å². The van der Waals surface area contributed by atoms with Crippen LogP contribution < -0.4 is 4.72 Å². The molecule has 0 aliphatic carbocycles. The fourth-order valence-corrected chi connectivity index (χ4v) is 3.07. The Bertz CT molecular complexity index is 556. The molecule has 1 fully saturated rings. The molecule has 18 heavy (non-hydrogen) atoms. The Morgan fingerprint density at radius 3 is 2.44 bits per heavy atom. The predicted octanol–water partition coefficient (Wildman–Crippen LogP) is 0.335. The third-order valence-corrected chi connectivity index (χ3v) is 4.32. The normalized spacial score (nSPS) is 20.4. The minimum Gasteiger partial charge on any atom is -0.344 e. The number of amides is 1. The summed E-state index contributed by atoms with van der Waals surface area (Å²) < 4.78 is 39.1. The highest BCUT2D eigenvalue weighted by Crippen LogP contribution is 2.14. The zero-order chi connectivity index (χ0) is 13.3. The number of rotatable bonds is 3. The van der Waals surface area contributed by atoms with Gasteiger partial charge in [-0.05, 0) is 24.3 Å². The summed E-state index contributed by atoms with van der Waals surface area (Å²) in [7, 11) is -2.08. The Morgan fingerprint density at radius 2 is 1.94 bits per heavy atom. The van der Waals surface area contributed by atoms with Crippen molar-refractivity contribution in [3.63, 3.8) is 0 Å². The van der Waals surface area contributed by atoms with Gasteiger partial charge in [0.05, 0.1) is 4.90 Å². The van der Waals surface area contributed by atoms with Crippen LogP contribution in [0.15, 0.2) is 29.2 Å². The first kappa shape index (κ1) is 13.0. The molecule has 1 aliphatic heterocycles. The number of likely N-dealkylation sites (tertiary alicyclic amines) is 1. The van der Waals surface area contributed by atoms with E-state index in [0.717, 1.165) is 12.1 Å². The van der Waals surface area contributed by atoms with Crippen molar-refractivity contribution in [2.75, 3.05) is 13.6 Å². The van der Waals surface area contributed by atoms with Gasteiger partial charge in [0.1, 0.15) is 5.82 Å². The number of carbonyl (C=O) groups is 1. The molecule has 1 saturated heterocycles. The van der Waals surface area contributed by atoms with Gasteiger partial charge in [0, 0.05) is 26.1 Å². The van der Waals surface area contributed by atoms with Crippen LogP contribution in [0.1, 0.15) is 6.42 Å². The molecule has 0 aromatic heterocycles. The van der Waals surface area contributed by atoms with E-state index in [9.17, 15) is 17.6 Å². The van der Waals surface area contributed by atoms with Crippen LogP contribution in [0.4, 0.5) is 4.39 Å². The quantitative estimate of drug-likeness (QED) is 0.862. The maximum atomic E-state index is 12.7. The van der Waals surface area contributed by atoms with Gasteiger partial charge in [-0.25, -0.2) is 17.5 Å². The molecule has 1 amide bonds. The molecule has 0 bridgehead atoms. The molecule has 1 aromatic carbocycles. The minimum absolute atomic E-state index is 0.00842. The lowest BCUT2D eigenvalue weighted by Crippen LogP contribution is -2.36. The SMILES string of the molecule is CN1CC(NS(=O)(=O)c2ccc(F)cc2)CC1=O. The lowest BCUT2D eigenvalue weighted by molar-refractivity contribution is -0.126. The van der Waals surface area contributed by atoms with E-state index in [2.05, 4.69) is 4.72 Å². The monoisotopic (exact) mass is 272 g/mol. The van der Waals surface area contributed by atoms with Crippen molar-refractivity contribution in [1.29, 1.82) is 0 Å². The topological polar surface area (TPSA) is 66.5 Å². The number of sulfonamides is 1. The lowest BCUT2D eigenvalue weighted by atomic mass is 10.3. The summed E-state index contributed by atoms with van der Waals surface area (Å²) in [6.07, 6.45) is 0.150. The molecule has 2 rings (SSSR count). The van der Waals surface area contributed by atoms with Gasteiger partial charge in [0.25, 0.3) is 0 Å². The van der Waals surface area contributed by atoms with Gasteiger partial charge in [-0.1, -0.05) is 0 Å². The van der Waals surface area contributed by atoms with Crippen LogP contribution in [0.3, 0.4) is 0 Å². The molecule has 1 unspecified atom stereocenters. The second-order valence-corrected chi connectivity index (χ2v) is 5.96. The van der Waals surface area contributed by atoms with Crippen molar-refractivity contribution in [3.8, 4) is 0 Å². The van der Waals surface area contributed by atoms with Gasteiger partial charge >= 0.3 is 0 Å². The largest absolute Gasteiger partial charge is 0.344 e. The molecular weight excluding hydrogens is 259 g/mol. The van der Waals surface area contributed by atoms with E-state index >= 15 is 0 Å². The van der Waals surface area contributed by atoms with Gasteiger partial charge in [-0.3, -0.25) is 4.79 Å². The number of likely N-dealkylation sites (N-methyl/N-ethyl adjacent to an activating group) is 1. The first-order valence-corrected chi connectivity index (χ1v) is 6.88. The van der Waals surface area contributed by atoms with Crippen molar-refractivity contribution in [1.82, 2.24) is 9.62 Å². The Balaban J connectivity index is 2.13. The van der Waals surface area contributed by atoms with Crippen molar-refractivity contribution in [2.24, 2.45) is 0 Å². The molecule has 1 aliphatic rings. The molecule has 1 N–H and O–H groups in total. The van der Waals surface area contributed by atoms with E-state index in [1.54, 1.807) is 7.05 Å². The predicted molar refractivity (Wildman–Crippen MR) is 62.8 cm³/mol. The van der Waals surface area contributed by atoms with Crippen LogP contribution >= 0.6 is 0 Å². The van der Waals surface area contributed by atoms with E-state index in [1.165, 1.54) is 17.0 Å². The Labute approximate surface area is 105 Å². The number of halogens is 1. The van der Waals surface area contributed by atoms with Gasteiger partial charge in [0.2, 0.25) is 15.9 Å². The number of carbonyl (C=O) groups excluding carboxylic acids is 1. The fraction of sp³-hybridized carbons (Fsp3) is 0.364. The maximum Gasteiger partial charge on any atom is 0.240 e. The van der Waals surface area contributed by atoms with E-state index in [0.29, 0.717) is 6.54 Å². The van der Waals surface area contributed by atoms with Crippen LogP contribution in [0.25, 0.3) is 0 Å². The summed E-state index contributed by atoms with van der Waals surface area (Å²) in [6.45, 7) is 0.346. The van der Waals surface area contributed by atoms with Crippen LogP contribution in [-0.2, 0) is 14.8 Å². The lowest BCUT2D eigenvalue weighted by Gasteiger charge is -2.12. The number of nitrogens with one attached hydrogen (secondary N) is 1. The Hall–Kier alpha value is -1.47. The molecule has 5 nitrogen and oxygen atoms in total. The highest BCUT2D eigenvalue weighted by Gasteiger charge is 2.30. The van der Waals surface area contributed by atoms with Crippen molar-refractivity contribution in [2.45, 2.75) is 17.4 Å². The number of hydrogen-bond acceptors (Lipinski definition) is 3. The zero-order valence-corrected chi connectivity index (χ0v) is 10.6. The molecule has 98 valence electrons. The Kier molecular flexibility index (Phi) is 3.36. The van der Waals surface area contributed by atoms with Gasteiger partial charge in [-0.2, -0.15) is 0 Å². The summed E-state index contributed by atoms with van der Waals surface area (Å²) in [5.41, 5.74) is 0. The van der Waals surface area contributed by atoms with Crippen molar-refractivity contribution < 1.29 is 17.6 Å². The standard InChI is InChI=1S/C11H13FN2O3S/c1-14-7-9(6-11(14)15)13-18(16,17)10-4-2-8(12)3-5-10/h2-5,9,13H,6-7H2,1H3. The summed E-state index contributed by atoms with van der Waals surface area (Å²) in [5, 5.41) is 0. The third kappa shape index (κ3) is 2.68. The van der Waals surface area contributed by atoms with Crippen LogP contribution in [-0.4, -0.2) is 38.9 Å². The molecule has 1 atom stereocenters. The summed E-state index contributed by atoms with van der Waals surface area (Å²) in [6, 6.07) is 4.12. The van der Waals surface area contributed by atoms with Crippen LogP contribution in [0.2, 0.25) is 0 Å². The highest BCUT2D eigenvalue weighted by atomic mass is 32.2. The van der Waals surface area contributed by atoms with Crippen LogP contribution in [0, 0.1) is 5.82 Å². The van der Waals surface area contributed by atoms with Gasteiger partial charge in [0.15, 0.2) is 0 Å². The first-order valence-electron chi connectivity index (χ1n) is 5.40. The molecule has 1 aromatic rings. The second-order valence-electron chi connectivity index (χ2n) is 4.25. The van der Waals surface area contributed by atoms with Gasteiger partial charge in [-0.15, -0.1) is 0 Å². The highest BCUT2D eigenvalue weighted by molar-refractivity contribution is 7.89. The summed E-state index contributed by atoms with van der Waals surface area (Å²) in [5.74, 6) is -0.591. The smallest absolute Gasteiger partial charge is 0.240 e. The molecule has 0 radical (unpaired) electrons. The van der Waals surface area contributed by atoms with E-state index in [-0.39, 0.29) is 17.2 Å². The maximum absolute atomic E-state index is 12.7. The van der Waals surface area contributed by atoms with E-state index in [1.807, 2.05) is 0 Å². The summed E-state index contributed by atoms with van der Waals surface area (Å²) in [4.78, 5) is 12.8.